The van der Waals surface area contributed by atoms with Crippen molar-refractivity contribution in [3.63, 3.8) is 0 Å². The second-order valence-electron chi connectivity index (χ2n) is 8.24. The van der Waals surface area contributed by atoms with Gasteiger partial charge in [-0.25, -0.2) is 8.42 Å². The Labute approximate surface area is 212 Å². The highest BCUT2D eigenvalue weighted by molar-refractivity contribution is 7.92. The van der Waals surface area contributed by atoms with Gasteiger partial charge in [0.25, 0.3) is 0 Å². The molecular formula is C24H31Cl2N3O4S. The lowest BCUT2D eigenvalue weighted by atomic mass is 10.1. The summed E-state index contributed by atoms with van der Waals surface area (Å²) in [5.41, 5.74) is 2.90. The molecular weight excluding hydrogens is 497 g/mol. The van der Waals surface area contributed by atoms with Gasteiger partial charge in [-0.3, -0.25) is 13.9 Å². The van der Waals surface area contributed by atoms with E-state index in [0.717, 1.165) is 17.4 Å². The van der Waals surface area contributed by atoms with E-state index in [9.17, 15) is 18.0 Å². The maximum Gasteiger partial charge on any atom is 0.242 e. The van der Waals surface area contributed by atoms with E-state index < -0.39 is 16.1 Å². The number of rotatable bonds is 10. The van der Waals surface area contributed by atoms with Gasteiger partial charge in [0, 0.05) is 42.2 Å². The zero-order valence-corrected chi connectivity index (χ0v) is 22.4. The highest BCUT2D eigenvalue weighted by Gasteiger charge is 2.27. The van der Waals surface area contributed by atoms with Crippen LogP contribution in [0.3, 0.4) is 0 Å². The first-order valence-corrected chi connectivity index (χ1v) is 13.5. The topological polar surface area (TPSA) is 86.8 Å². The monoisotopic (exact) mass is 527 g/mol. The van der Waals surface area contributed by atoms with E-state index >= 15 is 0 Å². The van der Waals surface area contributed by atoms with E-state index in [-0.39, 0.29) is 37.7 Å². The van der Waals surface area contributed by atoms with Gasteiger partial charge in [-0.1, -0.05) is 41.4 Å². The summed E-state index contributed by atoms with van der Waals surface area (Å²) in [7, 11) is -2.06. The van der Waals surface area contributed by atoms with Gasteiger partial charge >= 0.3 is 0 Å². The zero-order chi connectivity index (χ0) is 25.6. The van der Waals surface area contributed by atoms with Crippen LogP contribution in [0.4, 0.5) is 5.69 Å². The molecule has 0 saturated heterocycles. The van der Waals surface area contributed by atoms with Crippen LogP contribution < -0.4 is 9.62 Å². The number of nitrogens with zero attached hydrogens (tertiary/aromatic N) is 2. The molecule has 10 heteroatoms. The summed E-state index contributed by atoms with van der Waals surface area (Å²) >= 11 is 12.6. The van der Waals surface area contributed by atoms with Crippen molar-refractivity contribution in [1.29, 1.82) is 0 Å². The van der Waals surface area contributed by atoms with Crippen molar-refractivity contribution in [2.24, 2.45) is 0 Å². The number of nitrogens with one attached hydrogen (secondary N) is 1. The van der Waals surface area contributed by atoms with Crippen LogP contribution >= 0.6 is 23.2 Å². The molecule has 0 aliphatic carbocycles. The number of carbonyl (C=O) groups is 2. The third-order valence-electron chi connectivity index (χ3n) is 5.59. The van der Waals surface area contributed by atoms with Crippen molar-refractivity contribution >= 4 is 50.7 Å². The Morgan fingerprint density at radius 3 is 2.26 bits per heavy atom. The summed E-state index contributed by atoms with van der Waals surface area (Å²) in [6, 6.07) is 9.88. The molecule has 0 aliphatic rings. The summed E-state index contributed by atoms with van der Waals surface area (Å²) in [4.78, 5) is 27.0. The Hall–Kier alpha value is -2.29. The maximum atomic E-state index is 13.2. The fourth-order valence-corrected chi connectivity index (χ4v) is 5.15. The van der Waals surface area contributed by atoms with Crippen LogP contribution in [0.15, 0.2) is 36.4 Å². The van der Waals surface area contributed by atoms with E-state index in [0.29, 0.717) is 21.3 Å². The molecule has 0 unspecified atom stereocenters. The minimum absolute atomic E-state index is 0.0420. The highest BCUT2D eigenvalue weighted by atomic mass is 35.5. The predicted octanol–water partition coefficient (Wildman–Crippen LogP) is 4.32. The third-order valence-corrected chi connectivity index (χ3v) is 7.48. The average Bonchev–Trinajstić information content (AvgIpc) is 2.76. The van der Waals surface area contributed by atoms with E-state index in [1.54, 1.807) is 25.1 Å². The Kier molecular flexibility index (Phi) is 9.79. The standard InChI is InChI=1S/C24H31Cl2N3O4S/c1-16-11-12-17(2)22(14-16)29(34(5,32)33)13-7-10-23(30)28(18(3)24(31)27-4)15-19-20(25)8-6-9-21(19)26/h6,8-9,11-12,14,18H,7,10,13,15H2,1-5H3,(H,27,31)/t18-/m1/s1. The lowest BCUT2D eigenvalue weighted by Crippen LogP contribution is -2.47. The van der Waals surface area contributed by atoms with Crippen molar-refractivity contribution < 1.29 is 18.0 Å². The molecule has 1 atom stereocenters. The first-order valence-electron chi connectivity index (χ1n) is 10.9. The summed E-state index contributed by atoms with van der Waals surface area (Å²) < 4.78 is 26.3. The number of hydrogen-bond acceptors (Lipinski definition) is 4. The molecule has 2 amide bonds. The van der Waals surface area contributed by atoms with Gasteiger partial charge in [0.15, 0.2) is 0 Å². The van der Waals surface area contributed by atoms with Gasteiger partial charge in [-0.05, 0) is 56.5 Å². The van der Waals surface area contributed by atoms with E-state index in [4.69, 9.17) is 23.2 Å². The Morgan fingerprint density at radius 1 is 1.09 bits per heavy atom. The number of halogens is 2. The smallest absolute Gasteiger partial charge is 0.242 e. The molecule has 2 rings (SSSR count). The molecule has 0 aromatic heterocycles. The van der Waals surface area contributed by atoms with Gasteiger partial charge in [0.1, 0.15) is 6.04 Å². The summed E-state index contributed by atoms with van der Waals surface area (Å²) in [6.45, 7) is 5.55. The average molecular weight is 529 g/mol. The number of amides is 2. The van der Waals surface area contributed by atoms with Crippen molar-refractivity contribution in [3.05, 3.63) is 63.1 Å². The number of sulfonamides is 1. The van der Waals surface area contributed by atoms with Crippen LogP contribution in [-0.4, -0.2) is 51.0 Å². The third kappa shape index (κ3) is 7.10. The van der Waals surface area contributed by atoms with E-state index in [1.807, 2.05) is 32.0 Å². The number of hydrogen-bond donors (Lipinski definition) is 1. The zero-order valence-electron chi connectivity index (χ0n) is 20.1. The quantitative estimate of drug-likeness (QED) is 0.498. The lowest BCUT2D eigenvalue weighted by molar-refractivity contribution is -0.140. The summed E-state index contributed by atoms with van der Waals surface area (Å²) in [5.74, 6) is -0.633. The minimum Gasteiger partial charge on any atom is -0.357 e. The molecule has 0 radical (unpaired) electrons. The molecule has 2 aromatic rings. The number of anilines is 1. The van der Waals surface area contributed by atoms with Gasteiger partial charge in [0.2, 0.25) is 21.8 Å². The van der Waals surface area contributed by atoms with Crippen LogP contribution in [0.2, 0.25) is 10.0 Å². The molecule has 2 aromatic carbocycles. The largest absolute Gasteiger partial charge is 0.357 e. The molecule has 0 spiro atoms. The molecule has 0 bridgehead atoms. The number of likely N-dealkylation sites (N-methyl/N-ethyl adjacent to an activating group) is 1. The van der Waals surface area contributed by atoms with Crippen LogP contribution in [0.25, 0.3) is 0 Å². The molecule has 7 nitrogen and oxygen atoms in total. The van der Waals surface area contributed by atoms with Gasteiger partial charge in [-0.15, -0.1) is 0 Å². The van der Waals surface area contributed by atoms with Gasteiger partial charge in [0.05, 0.1) is 11.9 Å². The molecule has 0 saturated carbocycles. The fourth-order valence-electron chi connectivity index (χ4n) is 3.62. The number of carbonyl (C=O) groups excluding carboxylic acids is 2. The van der Waals surface area contributed by atoms with Crippen molar-refractivity contribution in [2.75, 3.05) is 24.2 Å². The van der Waals surface area contributed by atoms with Crippen LogP contribution in [0.5, 0.6) is 0 Å². The molecule has 0 heterocycles. The molecule has 186 valence electrons. The van der Waals surface area contributed by atoms with Crippen molar-refractivity contribution in [2.45, 2.75) is 46.2 Å². The van der Waals surface area contributed by atoms with E-state index in [2.05, 4.69) is 5.32 Å². The minimum atomic E-state index is -3.56. The summed E-state index contributed by atoms with van der Waals surface area (Å²) in [6.07, 6.45) is 1.46. The lowest BCUT2D eigenvalue weighted by Gasteiger charge is -2.30. The van der Waals surface area contributed by atoms with Crippen molar-refractivity contribution in [1.82, 2.24) is 10.2 Å². The van der Waals surface area contributed by atoms with Crippen LogP contribution in [0.1, 0.15) is 36.5 Å². The Bertz CT molecular complexity index is 1130. The predicted molar refractivity (Wildman–Crippen MR) is 138 cm³/mol. The van der Waals surface area contributed by atoms with Gasteiger partial charge in [-0.2, -0.15) is 0 Å². The fraction of sp³-hybridized carbons (Fsp3) is 0.417. The summed E-state index contributed by atoms with van der Waals surface area (Å²) in [5, 5.41) is 3.35. The molecule has 0 aliphatic heterocycles. The molecule has 0 fully saturated rings. The first kappa shape index (κ1) is 28.0. The second kappa shape index (κ2) is 11.9. The Morgan fingerprint density at radius 2 is 1.71 bits per heavy atom. The normalized spacial score (nSPS) is 12.2. The number of aryl methyl sites for hydroxylation is 2. The second-order valence-corrected chi connectivity index (χ2v) is 11.0. The van der Waals surface area contributed by atoms with E-state index in [1.165, 1.54) is 16.3 Å². The first-order chi connectivity index (χ1) is 15.9. The van der Waals surface area contributed by atoms with Crippen LogP contribution in [0, 0.1) is 13.8 Å². The van der Waals surface area contributed by atoms with Gasteiger partial charge < -0.3 is 10.2 Å². The van der Waals surface area contributed by atoms with Crippen LogP contribution in [-0.2, 0) is 26.2 Å². The Balaban J connectivity index is 2.23. The molecule has 1 N–H and O–H groups in total. The van der Waals surface area contributed by atoms with Crippen molar-refractivity contribution in [3.8, 4) is 0 Å². The number of benzene rings is 2. The SMILES string of the molecule is CNC(=O)[C@@H](C)N(Cc1c(Cl)cccc1Cl)C(=O)CCCN(c1cc(C)ccc1C)S(C)(=O)=O. The molecule has 34 heavy (non-hydrogen) atoms. The maximum absolute atomic E-state index is 13.2. The highest BCUT2D eigenvalue weighted by Crippen LogP contribution is 2.28.